The SMILES string of the molecule is CO.COC(=O)CC(N)c1cccc(Cc2ccccc2C)c1.Cc1ccccc1Cc1cccc(C(N)CC(=O)O)c1. The van der Waals surface area contributed by atoms with Gasteiger partial charge in [0.1, 0.15) is 0 Å². The van der Waals surface area contributed by atoms with Gasteiger partial charge in [-0.25, -0.2) is 0 Å². The number of nitrogens with two attached hydrogens (primary N) is 2. The van der Waals surface area contributed by atoms with Crippen molar-refractivity contribution in [1.29, 1.82) is 0 Å². The lowest BCUT2D eigenvalue weighted by atomic mass is 9.97. The van der Waals surface area contributed by atoms with Crippen molar-refractivity contribution in [3.63, 3.8) is 0 Å². The average molecular weight is 585 g/mol. The van der Waals surface area contributed by atoms with Crippen molar-refractivity contribution >= 4 is 11.9 Å². The van der Waals surface area contributed by atoms with Crippen molar-refractivity contribution in [2.24, 2.45) is 11.5 Å². The molecule has 0 saturated heterocycles. The van der Waals surface area contributed by atoms with E-state index in [-0.39, 0.29) is 24.9 Å². The summed E-state index contributed by atoms with van der Waals surface area (Å²) in [5.74, 6) is -1.16. The Bertz CT molecular complexity index is 1450. The Hall–Kier alpha value is -4.30. The molecule has 43 heavy (non-hydrogen) atoms. The Labute approximate surface area is 255 Å². The summed E-state index contributed by atoms with van der Waals surface area (Å²) in [4.78, 5) is 22.0. The first-order chi connectivity index (χ1) is 20.7. The minimum atomic E-state index is -0.873. The highest BCUT2D eigenvalue weighted by atomic mass is 16.5. The number of ether oxygens (including phenoxy) is 1. The zero-order chi connectivity index (χ0) is 31.8. The number of esters is 1. The van der Waals surface area contributed by atoms with Crippen LogP contribution < -0.4 is 11.5 Å². The van der Waals surface area contributed by atoms with Crippen LogP contribution in [0.1, 0.15) is 69.4 Å². The summed E-state index contributed by atoms with van der Waals surface area (Å²) < 4.78 is 4.67. The van der Waals surface area contributed by atoms with Crippen molar-refractivity contribution < 1.29 is 24.5 Å². The smallest absolute Gasteiger partial charge is 0.307 e. The van der Waals surface area contributed by atoms with Crippen LogP contribution in [0.2, 0.25) is 0 Å². The summed E-state index contributed by atoms with van der Waals surface area (Å²) in [5.41, 5.74) is 21.3. The number of aliphatic hydroxyl groups is 1. The number of carboxylic acids is 1. The Balaban J connectivity index is 0.000000284. The predicted octanol–water partition coefficient (Wildman–Crippen LogP) is 5.82. The maximum atomic E-state index is 11.3. The van der Waals surface area contributed by atoms with Crippen LogP contribution in [0.4, 0.5) is 0 Å². The normalized spacial score (nSPS) is 11.6. The number of aliphatic hydroxyl groups excluding tert-OH is 1. The summed E-state index contributed by atoms with van der Waals surface area (Å²) in [6.07, 6.45) is 1.85. The number of carbonyl (C=O) groups excluding carboxylic acids is 1. The third kappa shape index (κ3) is 11.8. The second kappa shape index (κ2) is 18.3. The zero-order valence-corrected chi connectivity index (χ0v) is 25.5. The van der Waals surface area contributed by atoms with E-state index in [2.05, 4.69) is 61.0 Å². The quantitative estimate of drug-likeness (QED) is 0.173. The van der Waals surface area contributed by atoms with Crippen LogP contribution in [-0.4, -0.2) is 36.4 Å². The molecule has 4 rings (SSSR count). The molecule has 7 nitrogen and oxygen atoms in total. The van der Waals surface area contributed by atoms with Crippen molar-refractivity contribution in [2.45, 2.75) is 51.6 Å². The highest BCUT2D eigenvalue weighted by Crippen LogP contribution is 2.21. The summed E-state index contributed by atoms with van der Waals surface area (Å²) in [6.45, 7) is 4.21. The number of aryl methyl sites for hydroxylation is 2. The first-order valence-corrected chi connectivity index (χ1v) is 14.2. The standard InChI is InChI=1S/C18H21NO2.C17H19NO2.CH4O/c1-13-6-3-4-8-15(13)10-14-7-5-9-16(11-14)17(19)12-18(20)21-2;1-12-5-2-3-7-14(12)9-13-6-4-8-15(10-13)16(18)11-17(19)20;1-2/h3-9,11,17H,10,12,19H2,1-2H3;2-8,10,16H,9,11,18H2,1H3,(H,19,20);2H,1H3. The largest absolute Gasteiger partial charge is 0.481 e. The topological polar surface area (TPSA) is 136 Å². The average Bonchev–Trinajstić information content (AvgIpc) is 3.01. The number of aliphatic carboxylic acids is 1. The molecule has 0 saturated carbocycles. The molecule has 4 aromatic carbocycles. The monoisotopic (exact) mass is 584 g/mol. The molecule has 6 N–H and O–H groups in total. The number of rotatable bonds is 10. The maximum Gasteiger partial charge on any atom is 0.307 e. The number of hydrogen-bond acceptors (Lipinski definition) is 6. The third-order valence-electron chi connectivity index (χ3n) is 7.08. The molecule has 0 aromatic heterocycles. The molecule has 0 aliphatic rings. The van der Waals surface area contributed by atoms with E-state index in [1.807, 2.05) is 54.6 Å². The van der Waals surface area contributed by atoms with Gasteiger partial charge in [-0.1, -0.05) is 97.1 Å². The molecule has 0 heterocycles. The van der Waals surface area contributed by atoms with Crippen LogP contribution in [0.15, 0.2) is 97.1 Å². The fourth-order valence-electron chi connectivity index (χ4n) is 4.61. The molecule has 7 heteroatoms. The summed E-state index contributed by atoms with van der Waals surface area (Å²) in [5, 5.41) is 15.8. The molecule has 0 aliphatic heterocycles. The van der Waals surface area contributed by atoms with Crippen LogP contribution in [-0.2, 0) is 27.2 Å². The molecule has 0 spiro atoms. The molecule has 2 unspecified atom stereocenters. The Morgan fingerprint density at radius 1 is 0.674 bits per heavy atom. The highest BCUT2D eigenvalue weighted by molar-refractivity contribution is 5.70. The van der Waals surface area contributed by atoms with E-state index in [0.717, 1.165) is 36.6 Å². The van der Waals surface area contributed by atoms with Gasteiger partial charge >= 0.3 is 11.9 Å². The number of hydrogen-bond donors (Lipinski definition) is 4. The van der Waals surface area contributed by atoms with Crippen LogP contribution >= 0.6 is 0 Å². The Morgan fingerprint density at radius 3 is 1.49 bits per heavy atom. The van der Waals surface area contributed by atoms with E-state index in [1.165, 1.54) is 34.9 Å². The number of benzene rings is 4. The molecule has 0 bridgehead atoms. The van der Waals surface area contributed by atoms with Gasteiger partial charge < -0.3 is 26.4 Å². The minimum Gasteiger partial charge on any atom is -0.481 e. The van der Waals surface area contributed by atoms with Gasteiger partial charge in [0.2, 0.25) is 0 Å². The predicted molar refractivity (Wildman–Crippen MR) is 172 cm³/mol. The summed E-state index contributed by atoms with van der Waals surface area (Å²) >= 11 is 0. The van der Waals surface area contributed by atoms with Gasteiger partial charge in [0, 0.05) is 19.2 Å². The van der Waals surface area contributed by atoms with E-state index < -0.39 is 12.0 Å². The molecule has 0 aliphatic carbocycles. The number of carbonyl (C=O) groups is 2. The lowest BCUT2D eigenvalue weighted by molar-refractivity contribution is -0.141. The van der Waals surface area contributed by atoms with Gasteiger partial charge in [0.05, 0.1) is 20.0 Å². The first kappa shape index (κ1) is 34.9. The number of carboxylic acid groups (broad SMARTS) is 1. The van der Waals surface area contributed by atoms with Crippen LogP contribution in [0.5, 0.6) is 0 Å². The Kier molecular flexibility index (Phi) is 14.8. The third-order valence-corrected chi connectivity index (χ3v) is 7.08. The van der Waals surface area contributed by atoms with E-state index in [4.69, 9.17) is 21.7 Å². The van der Waals surface area contributed by atoms with Crippen LogP contribution in [0.25, 0.3) is 0 Å². The van der Waals surface area contributed by atoms with Crippen LogP contribution in [0, 0.1) is 13.8 Å². The van der Waals surface area contributed by atoms with Gasteiger partial charge in [0.15, 0.2) is 0 Å². The van der Waals surface area contributed by atoms with Gasteiger partial charge in [-0.05, 0) is 71.2 Å². The van der Waals surface area contributed by atoms with Gasteiger partial charge in [-0.2, -0.15) is 0 Å². The molecule has 2 atom stereocenters. The Morgan fingerprint density at radius 2 is 1.09 bits per heavy atom. The fraction of sp³-hybridized carbons (Fsp3) is 0.278. The second-order valence-corrected chi connectivity index (χ2v) is 10.3. The van der Waals surface area contributed by atoms with Gasteiger partial charge in [-0.3, -0.25) is 9.59 Å². The molecular formula is C36H44N2O5. The summed E-state index contributed by atoms with van der Waals surface area (Å²) in [7, 11) is 2.38. The molecule has 0 amide bonds. The molecule has 0 fully saturated rings. The molecule has 228 valence electrons. The van der Waals surface area contributed by atoms with Gasteiger partial charge in [-0.15, -0.1) is 0 Å². The molecule has 0 radical (unpaired) electrons. The van der Waals surface area contributed by atoms with E-state index in [0.29, 0.717) is 0 Å². The van der Waals surface area contributed by atoms with E-state index in [9.17, 15) is 9.59 Å². The molecular weight excluding hydrogens is 540 g/mol. The van der Waals surface area contributed by atoms with Crippen molar-refractivity contribution in [1.82, 2.24) is 0 Å². The lowest BCUT2D eigenvalue weighted by Gasteiger charge is -2.13. The van der Waals surface area contributed by atoms with Gasteiger partial charge in [0.25, 0.3) is 0 Å². The van der Waals surface area contributed by atoms with Crippen molar-refractivity contribution in [3.05, 3.63) is 142 Å². The molecule has 4 aromatic rings. The first-order valence-electron chi connectivity index (χ1n) is 14.2. The lowest BCUT2D eigenvalue weighted by Crippen LogP contribution is -2.16. The van der Waals surface area contributed by atoms with Crippen molar-refractivity contribution in [3.8, 4) is 0 Å². The summed E-state index contributed by atoms with van der Waals surface area (Å²) in [6, 6.07) is 31.8. The highest BCUT2D eigenvalue weighted by Gasteiger charge is 2.13. The minimum absolute atomic E-state index is 0.0478. The van der Waals surface area contributed by atoms with Crippen LogP contribution in [0.3, 0.4) is 0 Å². The van der Waals surface area contributed by atoms with Crippen molar-refractivity contribution in [2.75, 3.05) is 14.2 Å². The number of methoxy groups -OCH3 is 1. The zero-order valence-electron chi connectivity index (χ0n) is 25.5. The van der Waals surface area contributed by atoms with E-state index in [1.54, 1.807) is 0 Å². The van der Waals surface area contributed by atoms with E-state index >= 15 is 0 Å². The maximum absolute atomic E-state index is 11.3. The second-order valence-electron chi connectivity index (χ2n) is 10.3. The fourth-order valence-corrected chi connectivity index (χ4v) is 4.61.